The average molecular weight is 339 g/mol. The highest BCUT2D eigenvalue weighted by Gasteiger charge is 2.11. The second kappa shape index (κ2) is 6.88. The number of anilines is 1. The molecule has 0 saturated carbocycles. The van der Waals surface area contributed by atoms with Crippen LogP contribution in [0.1, 0.15) is 31.7 Å². The van der Waals surface area contributed by atoms with E-state index in [2.05, 4.69) is 29.2 Å². The SMILES string of the molecule is CC[C@@H](C)c1ccc(NC(=O)Cn2cnc3c(cnn3C)c2=O)cc1. The van der Waals surface area contributed by atoms with Crippen molar-refractivity contribution in [2.24, 2.45) is 7.05 Å². The maximum atomic E-state index is 12.4. The van der Waals surface area contributed by atoms with Crippen molar-refractivity contribution in [1.82, 2.24) is 19.3 Å². The van der Waals surface area contributed by atoms with Gasteiger partial charge in [0.15, 0.2) is 5.65 Å². The van der Waals surface area contributed by atoms with E-state index in [0.29, 0.717) is 22.6 Å². The van der Waals surface area contributed by atoms with Crippen molar-refractivity contribution in [1.29, 1.82) is 0 Å². The second-order valence-corrected chi connectivity index (χ2v) is 6.16. The average Bonchev–Trinajstić information content (AvgIpc) is 2.99. The number of aromatic nitrogens is 4. The fourth-order valence-corrected chi connectivity index (χ4v) is 2.67. The lowest BCUT2D eigenvalue weighted by Crippen LogP contribution is -2.27. The molecule has 0 aliphatic rings. The number of nitrogens with one attached hydrogen (secondary N) is 1. The molecular weight excluding hydrogens is 318 g/mol. The lowest BCUT2D eigenvalue weighted by atomic mass is 9.99. The third kappa shape index (κ3) is 3.45. The van der Waals surface area contributed by atoms with E-state index < -0.39 is 0 Å². The highest BCUT2D eigenvalue weighted by atomic mass is 16.2. The summed E-state index contributed by atoms with van der Waals surface area (Å²) in [5.41, 5.74) is 2.17. The molecule has 3 aromatic rings. The van der Waals surface area contributed by atoms with E-state index in [1.807, 2.05) is 24.3 Å². The predicted molar refractivity (Wildman–Crippen MR) is 96.5 cm³/mol. The van der Waals surface area contributed by atoms with Gasteiger partial charge < -0.3 is 5.32 Å². The molecule has 0 unspecified atom stereocenters. The number of hydrogen-bond donors (Lipinski definition) is 1. The van der Waals surface area contributed by atoms with Crippen molar-refractivity contribution in [3.05, 3.63) is 52.7 Å². The molecule has 1 amide bonds. The van der Waals surface area contributed by atoms with Gasteiger partial charge in [0.2, 0.25) is 5.91 Å². The molecular formula is C18H21N5O2. The summed E-state index contributed by atoms with van der Waals surface area (Å²) in [5.74, 6) is 0.212. The number of amides is 1. The predicted octanol–water partition coefficient (Wildman–Crippen LogP) is 2.28. The van der Waals surface area contributed by atoms with Crippen LogP contribution in [-0.4, -0.2) is 25.2 Å². The van der Waals surface area contributed by atoms with Crippen molar-refractivity contribution in [2.75, 3.05) is 5.32 Å². The van der Waals surface area contributed by atoms with Crippen LogP contribution in [0.3, 0.4) is 0 Å². The van der Waals surface area contributed by atoms with Gasteiger partial charge in [0.05, 0.1) is 6.20 Å². The van der Waals surface area contributed by atoms with Crippen LogP contribution in [-0.2, 0) is 18.4 Å². The molecule has 25 heavy (non-hydrogen) atoms. The summed E-state index contributed by atoms with van der Waals surface area (Å²) in [6, 6.07) is 7.79. The van der Waals surface area contributed by atoms with E-state index in [-0.39, 0.29) is 18.0 Å². The molecule has 0 aliphatic carbocycles. The number of carbonyl (C=O) groups is 1. The molecule has 0 aliphatic heterocycles. The molecule has 130 valence electrons. The summed E-state index contributed by atoms with van der Waals surface area (Å²) >= 11 is 0. The van der Waals surface area contributed by atoms with Crippen molar-refractivity contribution >= 4 is 22.6 Å². The summed E-state index contributed by atoms with van der Waals surface area (Å²) in [6.45, 7) is 4.22. The molecule has 7 nitrogen and oxygen atoms in total. The number of aryl methyl sites for hydroxylation is 1. The Kier molecular flexibility index (Phi) is 4.65. The third-order valence-corrected chi connectivity index (χ3v) is 4.41. The van der Waals surface area contributed by atoms with Crippen molar-refractivity contribution in [3.63, 3.8) is 0 Å². The van der Waals surface area contributed by atoms with E-state index >= 15 is 0 Å². The smallest absolute Gasteiger partial charge is 0.264 e. The molecule has 2 heterocycles. The lowest BCUT2D eigenvalue weighted by molar-refractivity contribution is -0.116. The molecule has 1 atom stereocenters. The first-order valence-corrected chi connectivity index (χ1v) is 8.26. The molecule has 2 aromatic heterocycles. The fraction of sp³-hybridized carbons (Fsp3) is 0.333. The van der Waals surface area contributed by atoms with Gasteiger partial charge in [-0.1, -0.05) is 26.0 Å². The lowest BCUT2D eigenvalue weighted by Gasteiger charge is -2.11. The quantitative estimate of drug-likeness (QED) is 0.773. The minimum Gasteiger partial charge on any atom is -0.325 e. The Labute approximate surface area is 145 Å². The van der Waals surface area contributed by atoms with Crippen LogP contribution in [0.4, 0.5) is 5.69 Å². The van der Waals surface area contributed by atoms with E-state index in [1.54, 1.807) is 7.05 Å². The molecule has 1 aromatic carbocycles. The number of rotatable bonds is 5. The molecule has 0 bridgehead atoms. The van der Waals surface area contributed by atoms with Crippen LogP contribution in [0.5, 0.6) is 0 Å². The monoisotopic (exact) mass is 339 g/mol. The zero-order valence-corrected chi connectivity index (χ0v) is 14.6. The maximum Gasteiger partial charge on any atom is 0.264 e. The standard InChI is InChI=1S/C18H21N5O2/c1-4-12(2)13-5-7-14(8-6-13)21-16(24)10-23-11-19-17-15(18(23)25)9-20-22(17)3/h5-9,11-12H,4,10H2,1-3H3,(H,21,24)/t12-/m1/s1. The summed E-state index contributed by atoms with van der Waals surface area (Å²) in [5, 5.41) is 7.22. The van der Waals surface area contributed by atoms with Gasteiger partial charge >= 0.3 is 0 Å². The summed E-state index contributed by atoms with van der Waals surface area (Å²) in [6.07, 6.45) is 3.91. The Morgan fingerprint density at radius 2 is 2.00 bits per heavy atom. The third-order valence-electron chi connectivity index (χ3n) is 4.41. The van der Waals surface area contributed by atoms with Crippen LogP contribution < -0.4 is 10.9 Å². The Morgan fingerprint density at radius 1 is 1.28 bits per heavy atom. The summed E-state index contributed by atoms with van der Waals surface area (Å²) in [7, 11) is 1.72. The molecule has 0 fully saturated rings. The molecule has 7 heteroatoms. The topological polar surface area (TPSA) is 81.8 Å². The maximum absolute atomic E-state index is 12.4. The number of hydrogen-bond acceptors (Lipinski definition) is 4. The molecule has 0 spiro atoms. The molecule has 0 radical (unpaired) electrons. The van der Waals surface area contributed by atoms with E-state index in [0.717, 1.165) is 6.42 Å². The van der Waals surface area contributed by atoms with Gasteiger partial charge in [-0.05, 0) is 30.0 Å². The number of carbonyl (C=O) groups excluding carboxylic acids is 1. The Balaban J connectivity index is 1.72. The van der Waals surface area contributed by atoms with Crippen molar-refractivity contribution in [3.8, 4) is 0 Å². The zero-order valence-electron chi connectivity index (χ0n) is 14.6. The minimum absolute atomic E-state index is 0.0935. The van der Waals surface area contributed by atoms with Crippen LogP contribution in [0, 0.1) is 0 Å². The summed E-state index contributed by atoms with van der Waals surface area (Å²) in [4.78, 5) is 28.8. The summed E-state index contributed by atoms with van der Waals surface area (Å²) < 4.78 is 2.81. The van der Waals surface area contributed by atoms with Crippen LogP contribution >= 0.6 is 0 Å². The first-order valence-electron chi connectivity index (χ1n) is 8.26. The Bertz CT molecular complexity index is 956. The second-order valence-electron chi connectivity index (χ2n) is 6.16. The highest BCUT2D eigenvalue weighted by molar-refractivity contribution is 5.90. The number of fused-ring (bicyclic) bond motifs is 1. The van der Waals surface area contributed by atoms with Gasteiger partial charge in [0, 0.05) is 12.7 Å². The van der Waals surface area contributed by atoms with Gasteiger partial charge in [-0.3, -0.25) is 18.8 Å². The molecule has 1 N–H and O–H groups in total. The first-order chi connectivity index (χ1) is 12.0. The van der Waals surface area contributed by atoms with E-state index in [9.17, 15) is 9.59 Å². The Hall–Kier alpha value is -2.96. The van der Waals surface area contributed by atoms with Crippen LogP contribution in [0.15, 0.2) is 41.6 Å². The first kappa shape index (κ1) is 16.9. The van der Waals surface area contributed by atoms with Crippen LogP contribution in [0.2, 0.25) is 0 Å². The van der Waals surface area contributed by atoms with Gasteiger partial charge in [-0.2, -0.15) is 5.10 Å². The van der Waals surface area contributed by atoms with Gasteiger partial charge in [0.1, 0.15) is 18.3 Å². The molecule has 3 rings (SSSR count). The van der Waals surface area contributed by atoms with Crippen LogP contribution in [0.25, 0.3) is 11.0 Å². The van der Waals surface area contributed by atoms with Gasteiger partial charge in [0.25, 0.3) is 5.56 Å². The number of benzene rings is 1. The zero-order chi connectivity index (χ0) is 18.0. The van der Waals surface area contributed by atoms with E-state index in [4.69, 9.17) is 0 Å². The van der Waals surface area contributed by atoms with Crippen molar-refractivity contribution in [2.45, 2.75) is 32.7 Å². The fourth-order valence-electron chi connectivity index (χ4n) is 2.67. The van der Waals surface area contributed by atoms with Gasteiger partial charge in [-0.15, -0.1) is 0 Å². The van der Waals surface area contributed by atoms with E-state index in [1.165, 1.54) is 27.3 Å². The minimum atomic E-state index is -0.277. The van der Waals surface area contributed by atoms with Crippen molar-refractivity contribution < 1.29 is 4.79 Å². The molecule has 0 saturated heterocycles. The largest absolute Gasteiger partial charge is 0.325 e. The Morgan fingerprint density at radius 3 is 2.68 bits per heavy atom. The highest BCUT2D eigenvalue weighted by Crippen LogP contribution is 2.20. The normalized spacial score (nSPS) is 12.3. The number of nitrogens with zero attached hydrogens (tertiary/aromatic N) is 4. The van der Waals surface area contributed by atoms with Gasteiger partial charge in [-0.25, -0.2) is 4.98 Å².